The van der Waals surface area contributed by atoms with Crippen molar-refractivity contribution in [2.45, 2.75) is 53.1 Å². The van der Waals surface area contributed by atoms with Crippen molar-refractivity contribution < 1.29 is 19.1 Å². The summed E-state index contributed by atoms with van der Waals surface area (Å²) < 4.78 is 10.0. The van der Waals surface area contributed by atoms with Crippen LogP contribution in [0, 0.1) is 5.92 Å². The van der Waals surface area contributed by atoms with Crippen molar-refractivity contribution in [3.63, 3.8) is 0 Å². The van der Waals surface area contributed by atoms with Gasteiger partial charge in [0, 0.05) is 12.3 Å². The molecule has 0 rings (SSSR count). The Labute approximate surface area is 109 Å². The lowest BCUT2D eigenvalue weighted by Crippen LogP contribution is -2.33. The van der Waals surface area contributed by atoms with Crippen LogP contribution in [0.3, 0.4) is 0 Å². The number of esters is 2. The average molecular weight is 256 g/mol. The molecule has 0 heterocycles. The maximum atomic E-state index is 11.6. The molecule has 0 radical (unpaired) electrons. The van der Waals surface area contributed by atoms with Crippen molar-refractivity contribution in [2.24, 2.45) is 5.92 Å². The second-order valence-corrected chi connectivity index (χ2v) is 4.32. The van der Waals surface area contributed by atoms with Gasteiger partial charge in [-0.15, -0.1) is 0 Å². The third kappa shape index (κ3) is 7.09. The lowest BCUT2D eigenvalue weighted by Gasteiger charge is -2.19. The molecule has 0 aromatic carbocycles. The fourth-order valence-corrected chi connectivity index (χ4v) is 1.37. The first kappa shape index (κ1) is 16.7. The second kappa shape index (κ2) is 9.68. The molecule has 0 aliphatic rings. The van der Waals surface area contributed by atoms with Gasteiger partial charge >= 0.3 is 11.9 Å². The largest absolute Gasteiger partial charge is 0.463 e. The van der Waals surface area contributed by atoms with E-state index in [2.05, 4.69) is 0 Å². The van der Waals surface area contributed by atoms with Crippen LogP contribution < -0.4 is 0 Å². The second-order valence-electron chi connectivity index (χ2n) is 4.32. The number of allylic oxidation sites excluding steroid dienone is 2. The fourth-order valence-electron chi connectivity index (χ4n) is 1.37. The van der Waals surface area contributed by atoms with Crippen molar-refractivity contribution in [1.82, 2.24) is 0 Å². The highest BCUT2D eigenvalue weighted by Crippen LogP contribution is 2.11. The van der Waals surface area contributed by atoms with Gasteiger partial charge in [0.05, 0.1) is 6.61 Å². The van der Waals surface area contributed by atoms with Crippen LogP contribution in [-0.4, -0.2) is 24.6 Å². The summed E-state index contributed by atoms with van der Waals surface area (Å²) in [5, 5.41) is 0. The Kier molecular flexibility index (Phi) is 8.97. The molecule has 4 heteroatoms. The molecule has 0 amide bonds. The van der Waals surface area contributed by atoms with Crippen molar-refractivity contribution in [1.29, 1.82) is 0 Å². The highest BCUT2D eigenvalue weighted by molar-refractivity contribution is 5.79. The Morgan fingerprint density at radius 3 is 2.33 bits per heavy atom. The predicted molar refractivity (Wildman–Crippen MR) is 70.0 cm³/mol. The van der Waals surface area contributed by atoms with Gasteiger partial charge in [0.15, 0.2) is 0 Å². The van der Waals surface area contributed by atoms with Crippen LogP contribution in [-0.2, 0) is 19.1 Å². The zero-order valence-corrected chi connectivity index (χ0v) is 11.8. The zero-order chi connectivity index (χ0) is 14.0. The number of rotatable bonds is 8. The quantitative estimate of drug-likeness (QED) is 0.495. The molecule has 4 nitrogen and oxygen atoms in total. The van der Waals surface area contributed by atoms with Gasteiger partial charge in [-0.05, 0) is 19.8 Å². The molecule has 18 heavy (non-hydrogen) atoms. The molecule has 0 saturated carbocycles. The summed E-state index contributed by atoms with van der Waals surface area (Å²) in [5.74, 6) is -0.911. The standard InChI is InChI=1S/C14H24O4/c1-5-7-8-9-10-12(15)18-13(11(3)4)14(16)17-6-2/h7-8,11,13H,5-6,9-10H2,1-4H3/b8-7-. The molecule has 0 aliphatic carbocycles. The van der Waals surface area contributed by atoms with E-state index >= 15 is 0 Å². The lowest BCUT2D eigenvalue weighted by molar-refractivity contribution is -0.170. The van der Waals surface area contributed by atoms with E-state index in [1.54, 1.807) is 6.92 Å². The van der Waals surface area contributed by atoms with Crippen LogP contribution >= 0.6 is 0 Å². The Morgan fingerprint density at radius 2 is 1.83 bits per heavy atom. The third-order valence-corrected chi connectivity index (χ3v) is 2.30. The number of hydrogen-bond acceptors (Lipinski definition) is 4. The van der Waals surface area contributed by atoms with E-state index < -0.39 is 12.1 Å². The summed E-state index contributed by atoms with van der Waals surface area (Å²) in [7, 11) is 0. The molecular formula is C14H24O4. The predicted octanol–water partition coefficient (Wildman–Crippen LogP) is 2.86. The molecule has 0 spiro atoms. The molecule has 0 bridgehead atoms. The summed E-state index contributed by atoms with van der Waals surface area (Å²) >= 11 is 0. The van der Waals surface area contributed by atoms with Crippen LogP contribution in [0.2, 0.25) is 0 Å². The first-order valence-electron chi connectivity index (χ1n) is 6.54. The minimum atomic E-state index is -0.799. The maximum absolute atomic E-state index is 11.6. The topological polar surface area (TPSA) is 52.6 Å². The molecular weight excluding hydrogens is 232 g/mol. The highest BCUT2D eigenvalue weighted by Gasteiger charge is 2.27. The molecule has 0 N–H and O–H groups in total. The molecule has 104 valence electrons. The summed E-state index contributed by atoms with van der Waals surface area (Å²) in [6.07, 6.45) is 5.02. The van der Waals surface area contributed by atoms with Crippen LogP contribution in [0.15, 0.2) is 12.2 Å². The number of hydrogen-bond donors (Lipinski definition) is 0. The maximum Gasteiger partial charge on any atom is 0.347 e. The average Bonchev–Trinajstić information content (AvgIpc) is 2.31. The Bertz CT molecular complexity index is 282. The number of carbonyl (C=O) groups excluding carboxylic acids is 2. The highest BCUT2D eigenvalue weighted by atomic mass is 16.6. The van der Waals surface area contributed by atoms with E-state index in [1.807, 2.05) is 32.9 Å². The number of carbonyl (C=O) groups is 2. The van der Waals surface area contributed by atoms with Crippen molar-refractivity contribution in [3.8, 4) is 0 Å². The Hall–Kier alpha value is -1.32. The van der Waals surface area contributed by atoms with Gasteiger partial charge in [-0.1, -0.05) is 32.9 Å². The van der Waals surface area contributed by atoms with Crippen molar-refractivity contribution >= 4 is 11.9 Å². The van der Waals surface area contributed by atoms with Gasteiger partial charge in [0.1, 0.15) is 0 Å². The fraction of sp³-hybridized carbons (Fsp3) is 0.714. The van der Waals surface area contributed by atoms with E-state index in [0.29, 0.717) is 19.4 Å². The minimum Gasteiger partial charge on any atom is -0.463 e. The van der Waals surface area contributed by atoms with E-state index in [0.717, 1.165) is 6.42 Å². The minimum absolute atomic E-state index is 0.0841. The summed E-state index contributed by atoms with van der Waals surface area (Å²) in [5.41, 5.74) is 0. The van der Waals surface area contributed by atoms with Crippen LogP contribution in [0.25, 0.3) is 0 Å². The normalized spacial score (nSPS) is 12.7. The van der Waals surface area contributed by atoms with E-state index in [-0.39, 0.29) is 11.9 Å². The third-order valence-electron chi connectivity index (χ3n) is 2.30. The Balaban J connectivity index is 4.20. The van der Waals surface area contributed by atoms with Gasteiger partial charge in [-0.2, -0.15) is 0 Å². The SMILES string of the molecule is CC/C=C\CCC(=O)OC(C(=O)OCC)C(C)C. The molecule has 0 saturated heterocycles. The van der Waals surface area contributed by atoms with Crippen molar-refractivity contribution in [3.05, 3.63) is 12.2 Å². The summed E-state index contributed by atoms with van der Waals surface area (Å²) in [6, 6.07) is 0. The van der Waals surface area contributed by atoms with Crippen LogP contribution in [0.4, 0.5) is 0 Å². The van der Waals surface area contributed by atoms with Crippen molar-refractivity contribution in [2.75, 3.05) is 6.61 Å². The lowest BCUT2D eigenvalue weighted by atomic mass is 10.1. The van der Waals surface area contributed by atoms with Crippen LogP contribution in [0.1, 0.15) is 47.0 Å². The molecule has 1 atom stereocenters. The van der Waals surface area contributed by atoms with Crippen LogP contribution in [0.5, 0.6) is 0 Å². The summed E-state index contributed by atoms with van der Waals surface area (Å²) in [6.45, 7) is 7.70. The molecule has 0 aromatic rings. The summed E-state index contributed by atoms with van der Waals surface area (Å²) in [4.78, 5) is 23.1. The smallest absolute Gasteiger partial charge is 0.347 e. The van der Waals surface area contributed by atoms with E-state index in [1.165, 1.54) is 0 Å². The first-order valence-corrected chi connectivity index (χ1v) is 6.54. The van der Waals surface area contributed by atoms with Gasteiger partial charge in [0.25, 0.3) is 0 Å². The molecule has 0 fully saturated rings. The Morgan fingerprint density at radius 1 is 1.17 bits per heavy atom. The van der Waals surface area contributed by atoms with Gasteiger partial charge in [-0.3, -0.25) is 4.79 Å². The monoisotopic (exact) mass is 256 g/mol. The molecule has 1 unspecified atom stereocenters. The zero-order valence-electron chi connectivity index (χ0n) is 11.8. The molecule has 0 aliphatic heterocycles. The van der Waals surface area contributed by atoms with E-state index in [9.17, 15) is 9.59 Å². The van der Waals surface area contributed by atoms with Gasteiger partial charge in [-0.25, -0.2) is 4.79 Å². The first-order chi connectivity index (χ1) is 8.52. The molecule has 0 aromatic heterocycles. The van der Waals surface area contributed by atoms with Gasteiger partial charge in [0.2, 0.25) is 6.10 Å². The van der Waals surface area contributed by atoms with E-state index in [4.69, 9.17) is 9.47 Å². The van der Waals surface area contributed by atoms with Gasteiger partial charge < -0.3 is 9.47 Å². The number of ether oxygens (including phenoxy) is 2.